The lowest BCUT2D eigenvalue weighted by Gasteiger charge is -2.36. The summed E-state index contributed by atoms with van der Waals surface area (Å²) in [6, 6.07) is 0. The van der Waals surface area contributed by atoms with Crippen molar-refractivity contribution in [3.8, 4) is 0 Å². The molecule has 4 nitrogen and oxygen atoms in total. The number of esters is 1. The second-order valence-corrected chi connectivity index (χ2v) is 5.24. The average molecular weight is 227 g/mol. The number of carbonyl (C=O) groups excluding carboxylic acids is 1. The van der Waals surface area contributed by atoms with E-state index >= 15 is 0 Å². The van der Waals surface area contributed by atoms with Crippen molar-refractivity contribution >= 4 is 5.97 Å². The van der Waals surface area contributed by atoms with Gasteiger partial charge in [0.2, 0.25) is 0 Å². The number of likely N-dealkylation sites (tertiary alicyclic amines) is 1. The highest BCUT2D eigenvalue weighted by Gasteiger charge is 2.57. The monoisotopic (exact) mass is 227 g/mol. The first kappa shape index (κ1) is 11.9. The second-order valence-electron chi connectivity index (χ2n) is 5.24. The number of piperidine rings is 1. The van der Waals surface area contributed by atoms with Crippen LogP contribution in [0.4, 0.5) is 0 Å². The molecule has 0 bridgehead atoms. The predicted molar refractivity (Wildman–Crippen MR) is 59.9 cm³/mol. The summed E-state index contributed by atoms with van der Waals surface area (Å²) >= 11 is 0. The van der Waals surface area contributed by atoms with Crippen LogP contribution in [0.5, 0.6) is 0 Å². The van der Waals surface area contributed by atoms with Crippen LogP contribution in [0, 0.1) is 11.3 Å². The van der Waals surface area contributed by atoms with Gasteiger partial charge in [0.25, 0.3) is 0 Å². The number of hydrogen-bond donors (Lipinski definition) is 1. The van der Waals surface area contributed by atoms with Gasteiger partial charge in [0.1, 0.15) is 0 Å². The van der Waals surface area contributed by atoms with Gasteiger partial charge in [-0.15, -0.1) is 0 Å². The molecule has 2 aliphatic rings. The average Bonchev–Trinajstić information content (AvgIpc) is 3.09. The Morgan fingerprint density at radius 1 is 1.44 bits per heavy atom. The molecule has 0 spiro atoms. The summed E-state index contributed by atoms with van der Waals surface area (Å²) in [7, 11) is 3.46. The topological polar surface area (TPSA) is 49.8 Å². The van der Waals surface area contributed by atoms with Gasteiger partial charge in [-0.3, -0.25) is 0 Å². The lowest BCUT2D eigenvalue weighted by Crippen LogP contribution is -2.42. The molecular formula is C12H21NO3. The molecule has 2 rings (SSSR count). The summed E-state index contributed by atoms with van der Waals surface area (Å²) in [4.78, 5) is 13.7. The van der Waals surface area contributed by atoms with E-state index in [0.717, 1.165) is 38.8 Å². The molecule has 0 aromatic heterocycles. The van der Waals surface area contributed by atoms with E-state index in [2.05, 4.69) is 16.7 Å². The minimum atomic E-state index is -0.911. The number of nitrogens with zero attached hydrogens (tertiary/aromatic N) is 1. The molecule has 92 valence electrons. The Bertz CT molecular complexity index is 267. The maximum Gasteiger partial charge on any atom is 0.335 e. The van der Waals surface area contributed by atoms with Crippen LogP contribution < -0.4 is 0 Å². The molecular weight excluding hydrogens is 206 g/mol. The largest absolute Gasteiger partial charge is 0.467 e. The van der Waals surface area contributed by atoms with E-state index in [9.17, 15) is 9.90 Å². The van der Waals surface area contributed by atoms with Crippen molar-refractivity contribution in [1.82, 2.24) is 4.90 Å². The van der Waals surface area contributed by atoms with E-state index in [4.69, 9.17) is 0 Å². The minimum absolute atomic E-state index is 0.158. The Balaban J connectivity index is 2.00. The van der Waals surface area contributed by atoms with Gasteiger partial charge in [-0.1, -0.05) is 0 Å². The third-order valence-corrected chi connectivity index (χ3v) is 4.33. The molecule has 1 N–H and O–H groups in total. The summed E-state index contributed by atoms with van der Waals surface area (Å²) in [6.07, 6.45) is 3.20. The van der Waals surface area contributed by atoms with E-state index < -0.39 is 12.1 Å². The Hall–Kier alpha value is -0.610. The predicted octanol–water partition coefficient (Wildman–Crippen LogP) is 0.642. The van der Waals surface area contributed by atoms with Gasteiger partial charge < -0.3 is 14.7 Å². The molecule has 0 radical (unpaired) electrons. The number of ether oxygens (including phenoxy) is 1. The number of hydrogen-bond acceptors (Lipinski definition) is 4. The standard InChI is InChI=1S/C12H21NO3/c1-13-7-3-9(4-8-13)12(5-6-12)10(14)11(15)16-2/h9-10,14H,3-8H2,1-2H3. The van der Waals surface area contributed by atoms with Crippen molar-refractivity contribution in [2.75, 3.05) is 27.2 Å². The van der Waals surface area contributed by atoms with Gasteiger partial charge in [0, 0.05) is 5.41 Å². The number of aliphatic hydroxyl groups excluding tert-OH is 1. The van der Waals surface area contributed by atoms with Crippen molar-refractivity contribution in [2.45, 2.75) is 31.8 Å². The zero-order chi connectivity index (χ0) is 11.8. The molecule has 1 saturated carbocycles. The quantitative estimate of drug-likeness (QED) is 0.719. The zero-order valence-corrected chi connectivity index (χ0v) is 10.1. The van der Waals surface area contributed by atoms with Crippen molar-refractivity contribution < 1.29 is 14.6 Å². The summed E-state index contributed by atoms with van der Waals surface area (Å²) in [5, 5.41) is 10.0. The molecule has 1 aliphatic carbocycles. The van der Waals surface area contributed by atoms with Crippen molar-refractivity contribution in [3.63, 3.8) is 0 Å². The van der Waals surface area contributed by atoms with Gasteiger partial charge in [0.15, 0.2) is 6.10 Å². The fraction of sp³-hybridized carbons (Fsp3) is 0.917. The molecule has 1 unspecified atom stereocenters. The molecule has 2 fully saturated rings. The van der Waals surface area contributed by atoms with Crippen molar-refractivity contribution in [1.29, 1.82) is 0 Å². The summed E-state index contributed by atoms with van der Waals surface area (Å²) in [6.45, 7) is 2.14. The van der Waals surface area contributed by atoms with Gasteiger partial charge in [-0.05, 0) is 51.7 Å². The van der Waals surface area contributed by atoms with Crippen LogP contribution in [0.2, 0.25) is 0 Å². The van der Waals surface area contributed by atoms with Crippen LogP contribution in [-0.2, 0) is 9.53 Å². The molecule has 0 aromatic carbocycles. The highest BCUT2D eigenvalue weighted by Crippen LogP contribution is 2.57. The first-order valence-electron chi connectivity index (χ1n) is 6.04. The van der Waals surface area contributed by atoms with Crippen molar-refractivity contribution in [2.24, 2.45) is 11.3 Å². The minimum Gasteiger partial charge on any atom is -0.467 e. The van der Waals surface area contributed by atoms with Crippen LogP contribution in [-0.4, -0.2) is 49.3 Å². The number of rotatable bonds is 3. The van der Waals surface area contributed by atoms with Crippen LogP contribution in [0.15, 0.2) is 0 Å². The highest BCUT2D eigenvalue weighted by atomic mass is 16.5. The van der Waals surface area contributed by atoms with Crippen LogP contribution in [0.25, 0.3) is 0 Å². The number of carbonyl (C=O) groups is 1. The van der Waals surface area contributed by atoms with E-state index in [0.29, 0.717) is 5.92 Å². The summed E-state index contributed by atoms with van der Waals surface area (Å²) < 4.78 is 4.65. The molecule has 1 atom stereocenters. The number of methoxy groups -OCH3 is 1. The Labute approximate surface area is 96.6 Å². The molecule has 1 heterocycles. The summed E-state index contributed by atoms with van der Waals surface area (Å²) in [5.74, 6) is 0.0224. The third kappa shape index (κ3) is 1.96. The van der Waals surface area contributed by atoms with Crippen LogP contribution >= 0.6 is 0 Å². The normalized spacial score (nSPS) is 27.4. The molecule has 4 heteroatoms. The Morgan fingerprint density at radius 2 is 2.00 bits per heavy atom. The molecule has 1 saturated heterocycles. The Kier molecular flexibility index (Phi) is 3.22. The van der Waals surface area contributed by atoms with Crippen LogP contribution in [0.1, 0.15) is 25.7 Å². The molecule has 16 heavy (non-hydrogen) atoms. The molecule has 0 amide bonds. The van der Waals surface area contributed by atoms with Gasteiger partial charge in [-0.2, -0.15) is 0 Å². The fourth-order valence-corrected chi connectivity index (χ4v) is 2.98. The summed E-state index contributed by atoms with van der Waals surface area (Å²) in [5.41, 5.74) is -0.158. The Morgan fingerprint density at radius 3 is 2.44 bits per heavy atom. The van der Waals surface area contributed by atoms with Gasteiger partial charge >= 0.3 is 5.97 Å². The molecule has 0 aromatic rings. The SMILES string of the molecule is COC(=O)C(O)C1(C2CCN(C)CC2)CC1. The lowest BCUT2D eigenvalue weighted by atomic mass is 9.78. The van der Waals surface area contributed by atoms with E-state index in [-0.39, 0.29) is 5.41 Å². The zero-order valence-electron chi connectivity index (χ0n) is 10.1. The highest BCUT2D eigenvalue weighted by molar-refractivity contribution is 5.76. The molecule has 1 aliphatic heterocycles. The first-order chi connectivity index (χ1) is 7.60. The van der Waals surface area contributed by atoms with Crippen molar-refractivity contribution in [3.05, 3.63) is 0 Å². The smallest absolute Gasteiger partial charge is 0.335 e. The lowest BCUT2D eigenvalue weighted by molar-refractivity contribution is -0.156. The first-order valence-corrected chi connectivity index (χ1v) is 6.04. The fourth-order valence-electron chi connectivity index (χ4n) is 2.98. The van der Waals surface area contributed by atoms with E-state index in [1.807, 2.05) is 0 Å². The maximum absolute atomic E-state index is 11.4. The number of aliphatic hydroxyl groups is 1. The van der Waals surface area contributed by atoms with E-state index in [1.165, 1.54) is 7.11 Å². The van der Waals surface area contributed by atoms with Gasteiger partial charge in [-0.25, -0.2) is 4.79 Å². The third-order valence-electron chi connectivity index (χ3n) is 4.33. The second kappa shape index (κ2) is 4.34. The van der Waals surface area contributed by atoms with Crippen LogP contribution in [0.3, 0.4) is 0 Å². The van der Waals surface area contributed by atoms with E-state index in [1.54, 1.807) is 0 Å². The maximum atomic E-state index is 11.4. The van der Waals surface area contributed by atoms with Gasteiger partial charge in [0.05, 0.1) is 7.11 Å².